The molecule has 1 aromatic heterocycles. The van der Waals surface area contributed by atoms with Crippen molar-refractivity contribution >= 4 is 35.7 Å². The molecule has 4 aliphatic rings. The third kappa shape index (κ3) is 5.57. The molecule has 1 saturated carbocycles. The van der Waals surface area contributed by atoms with Crippen molar-refractivity contribution in [1.82, 2.24) is 14.4 Å². The molecule has 2 fully saturated rings. The molecule has 0 bridgehead atoms. The SMILES string of the molecule is Cl.Cl.OC(CN1CCCCCC1)CN1CCn2c3c(c4cc(C5CCCCC5)ccc42)CCCC31. The van der Waals surface area contributed by atoms with Crippen molar-refractivity contribution in [2.24, 2.45) is 0 Å². The molecule has 0 spiro atoms. The maximum Gasteiger partial charge on any atom is 0.0794 e. The van der Waals surface area contributed by atoms with Crippen molar-refractivity contribution in [3.8, 4) is 0 Å². The predicted molar refractivity (Wildman–Crippen MR) is 150 cm³/mol. The lowest BCUT2D eigenvalue weighted by Gasteiger charge is -2.41. The van der Waals surface area contributed by atoms with Gasteiger partial charge < -0.3 is 14.6 Å². The monoisotopic (exact) mass is 521 g/mol. The van der Waals surface area contributed by atoms with Crippen LogP contribution < -0.4 is 0 Å². The maximum atomic E-state index is 11.0. The number of aliphatic hydroxyl groups excluding tert-OH is 1. The number of aromatic nitrogens is 1. The Balaban J connectivity index is 0.00000144. The standard InChI is InChI=1S/C29H43N3O.2ClH/c33-24(20-30-15-6-1-2-7-16-30)21-31-17-18-32-27-14-13-23(22-9-4-3-5-10-22)19-26(27)25-11-8-12-28(31)29(25)32;;/h13-14,19,22,24,28,33H,1-12,15-18,20-21H2;2*1H. The van der Waals surface area contributed by atoms with Crippen LogP contribution in [0.4, 0.5) is 0 Å². The fraction of sp³-hybridized carbons (Fsp3) is 0.724. The van der Waals surface area contributed by atoms with E-state index in [9.17, 15) is 5.11 Å². The van der Waals surface area contributed by atoms with Crippen molar-refractivity contribution < 1.29 is 5.11 Å². The molecule has 2 unspecified atom stereocenters. The second-order valence-corrected chi connectivity index (χ2v) is 11.4. The molecule has 6 rings (SSSR count). The lowest BCUT2D eigenvalue weighted by molar-refractivity contribution is 0.0426. The third-order valence-corrected chi connectivity index (χ3v) is 9.20. The van der Waals surface area contributed by atoms with Crippen LogP contribution in [0.25, 0.3) is 10.9 Å². The molecule has 2 aromatic rings. The molecule has 35 heavy (non-hydrogen) atoms. The molecule has 4 nitrogen and oxygen atoms in total. The first kappa shape index (κ1) is 27.3. The van der Waals surface area contributed by atoms with E-state index in [1.54, 1.807) is 22.2 Å². The van der Waals surface area contributed by atoms with E-state index >= 15 is 0 Å². The van der Waals surface area contributed by atoms with Crippen LogP contribution in [0.15, 0.2) is 18.2 Å². The summed E-state index contributed by atoms with van der Waals surface area (Å²) in [6.45, 7) is 6.16. The molecule has 0 radical (unpaired) electrons. The summed E-state index contributed by atoms with van der Waals surface area (Å²) in [5, 5.41) is 12.6. The number of nitrogens with zero attached hydrogens (tertiary/aromatic N) is 3. The Morgan fingerprint density at radius 3 is 2.31 bits per heavy atom. The second-order valence-electron chi connectivity index (χ2n) is 11.4. The number of likely N-dealkylation sites (tertiary alicyclic amines) is 1. The number of aryl methyl sites for hydroxylation is 1. The van der Waals surface area contributed by atoms with E-state index in [4.69, 9.17) is 0 Å². The smallest absolute Gasteiger partial charge is 0.0794 e. The summed E-state index contributed by atoms with van der Waals surface area (Å²) >= 11 is 0. The fourth-order valence-corrected chi connectivity index (χ4v) is 7.55. The van der Waals surface area contributed by atoms with Crippen LogP contribution in [0.2, 0.25) is 0 Å². The lowest BCUT2D eigenvalue weighted by Crippen LogP contribution is -2.46. The van der Waals surface area contributed by atoms with Gasteiger partial charge in [0.05, 0.1) is 12.1 Å². The van der Waals surface area contributed by atoms with Crippen molar-refractivity contribution in [2.45, 2.75) is 102 Å². The van der Waals surface area contributed by atoms with E-state index in [0.29, 0.717) is 6.04 Å². The number of hydrogen-bond donors (Lipinski definition) is 1. The summed E-state index contributed by atoms with van der Waals surface area (Å²) in [5.74, 6) is 0.775. The highest BCUT2D eigenvalue weighted by molar-refractivity contribution is 5.87. The zero-order chi connectivity index (χ0) is 22.2. The molecule has 6 heteroatoms. The van der Waals surface area contributed by atoms with Gasteiger partial charge in [0.15, 0.2) is 0 Å². The Bertz CT molecular complexity index is 962. The zero-order valence-corrected chi connectivity index (χ0v) is 22.9. The predicted octanol–water partition coefficient (Wildman–Crippen LogP) is 6.46. The van der Waals surface area contributed by atoms with E-state index < -0.39 is 0 Å². The summed E-state index contributed by atoms with van der Waals surface area (Å²) in [6, 6.07) is 7.96. The molecular formula is C29H45Cl2N3O. The van der Waals surface area contributed by atoms with Crippen LogP contribution in [0, 0.1) is 0 Å². The molecule has 1 N–H and O–H groups in total. The molecule has 1 aromatic carbocycles. The minimum atomic E-state index is -0.234. The maximum absolute atomic E-state index is 11.0. The number of β-amino-alcohol motifs (C(OH)–C–C–N with tert-alkyl or cyclic N) is 1. The Morgan fingerprint density at radius 2 is 1.54 bits per heavy atom. The topological polar surface area (TPSA) is 31.6 Å². The van der Waals surface area contributed by atoms with E-state index in [0.717, 1.165) is 32.1 Å². The first-order chi connectivity index (χ1) is 16.3. The zero-order valence-electron chi connectivity index (χ0n) is 21.3. The highest BCUT2D eigenvalue weighted by Crippen LogP contribution is 2.44. The summed E-state index contributed by atoms with van der Waals surface area (Å²) < 4.78 is 2.65. The molecule has 2 aliphatic carbocycles. The van der Waals surface area contributed by atoms with Gasteiger partial charge in [0.1, 0.15) is 0 Å². The van der Waals surface area contributed by atoms with Gasteiger partial charge in [-0.3, -0.25) is 4.90 Å². The lowest BCUT2D eigenvalue weighted by atomic mass is 9.83. The highest BCUT2D eigenvalue weighted by atomic mass is 35.5. The van der Waals surface area contributed by atoms with Crippen molar-refractivity contribution in [2.75, 3.05) is 32.7 Å². The number of hydrogen-bond acceptors (Lipinski definition) is 3. The van der Waals surface area contributed by atoms with Gasteiger partial charge in [-0.1, -0.05) is 38.2 Å². The first-order valence-electron chi connectivity index (χ1n) is 14.1. The van der Waals surface area contributed by atoms with Gasteiger partial charge in [-0.25, -0.2) is 0 Å². The molecule has 1 saturated heterocycles. The average Bonchev–Trinajstić information content (AvgIpc) is 2.98. The van der Waals surface area contributed by atoms with Crippen LogP contribution in [0.3, 0.4) is 0 Å². The van der Waals surface area contributed by atoms with Gasteiger partial charge in [-0.05, 0) is 87.2 Å². The van der Waals surface area contributed by atoms with Crippen LogP contribution in [-0.4, -0.2) is 58.3 Å². The number of fused-ring (bicyclic) bond motifs is 3. The van der Waals surface area contributed by atoms with Crippen molar-refractivity contribution in [1.29, 1.82) is 0 Å². The van der Waals surface area contributed by atoms with Gasteiger partial charge in [0, 0.05) is 42.8 Å². The largest absolute Gasteiger partial charge is 0.390 e. The van der Waals surface area contributed by atoms with Gasteiger partial charge in [-0.15, -0.1) is 24.8 Å². The average molecular weight is 523 g/mol. The number of rotatable bonds is 5. The summed E-state index contributed by atoms with van der Waals surface area (Å²) in [4.78, 5) is 5.14. The normalized spacial score (nSPS) is 24.8. The minimum absolute atomic E-state index is 0. The third-order valence-electron chi connectivity index (χ3n) is 9.20. The molecule has 2 atom stereocenters. The van der Waals surface area contributed by atoms with Gasteiger partial charge in [0.25, 0.3) is 0 Å². The Hall–Kier alpha value is -0.780. The van der Waals surface area contributed by atoms with Crippen LogP contribution in [-0.2, 0) is 13.0 Å². The summed E-state index contributed by atoms with van der Waals surface area (Å²) in [5.41, 5.74) is 6.28. The van der Waals surface area contributed by atoms with Crippen LogP contribution >= 0.6 is 24.8 Å². The van der Waals surface area contributed by atoms with Crippen molar-refractivity contribution in [3.63, 3.8) is 0 Å². The van der Waals surface area contributed by atoms with Gasteiger partial charge in [0.2, 0.25) is 0 Å². The summed E-state index contributed by atoms with van der Waals surface area (Å²) in [6.07, 6.45) is 15.8. The fourth-order valence-electron chi connectivity index (χ4n) is 7.55. The molecule has 3 heterocycles. The van der Waals surface area contributed by atoms with E-state index in [-0.39, 0.29) is 30.9 Å². The quantitative estimate of drug-likeness (QED) is 0.489. The molecule has 0 amide bonds. The van der Waals surface area contributed by atoms with E-state index in [1.807, 2.05) is 0 Å². The van der Waals surface area contributed by atoms with Gasteiger partial charge >= 0.3 is 0 Å². The van der Waals surface area contributed by atoms with E-state index in [2.05, 4.69) is 32.6 Å². The Morgan fingerprint density at radius 1 is 0.800 bits per heavy atom. The number of benzene rings is 1. The minimum Gasteiger partial charge on any atom is -0.390 e. The Kier molecular flexibility index (Phi) is 9.48. The van der Waals surface area contributed by atoms with Crippen LogP contribution in [0.1, 0.15) is 99.4 Å². The summed E-state index contributed by atoms with van der Waals surface area (Å²) in [7, 11) is 0. The molecule has 196 valence electrons. The Labute approximate surface area is 224 Å². The first-order valence-corrected chi connectivity index (χ1v) is 14.1. The molecule has 2 aliphatic heterocycles. The number of halogens is 2. The highest BCUT2D eigenvalue weighted by Gasteiger charge is 2.35. The number of aliphatic hydroxyl groups is 1. The van der Waals surface area contributed by atoms with Gasteiger partial charge in [-0.2, -0.15) is 0 Å². The van der Waals surface area contributed by atoms with Crippen molar-refractivity contribution in [3.05, 3.63) is 35.0 Å². The van der Waals surface area contributed by atoms with E-state index in [1.165, 1.54) is 95.7 Å². The molecular weight excluding hydrogens is 477 g/mol. The second kappa shape index (κ2) is 12.2. The van der Waals surface area contributed by atoms with Crippen LogP contribution in [0.5, 0.6) is 0 Å².